The quantitative estimate of drug-likeness (QED) is 0.102. The van der Waals surface area contributed by atoms with E-state index in [4.69, 9.17) is 18.3 Å². The Balaban J connectivity index is 1.05. The molecule has 498 valence electrons. The van der Waals surface area contributed by atoms with E-state index in [0.29, 0.717) is 23.0 Å². The zero-order chi connectivity index (χ0) is 69.9. The molecule has 0 aliphatic heterocycles. The Kier molecular flexibility index (Phi) is 16.6. The molecule has 0 fully saturated rings. The minimum Gasteiger partial charge on any atom is -0.456 e. The summed E-state index contributed by atoms with van der Waals surface area (Å²) < 4.78 is 28.1. The van der Waals surface area contributed by atoms with Gasteiger partial charge in [0.15, 0.2) is 0 Å². The van der Waals surface area contributed by atoms with E-state index in [-0.39, 0.29) is 10.8 Å². The van der Waals surface area contributed by atoms with Crippen LogP contribution in [0.2, 0.25) is 0 Å². The number of fused-ring (bicyclic) bond motifs is 6. The van der Waals surface area contributed by atoms with Gasteiger partial charge in [-0.2, -0.15) is 0 Å². The van der Waals surface area contributed by atoms with Crippen LogP contribution in [-0.4, -0.2) is 0 Å². The maximum absolute atomic E-state index is 7.49. The first-order valence-electron chi connectivity index (χ1n) is 35.3. The third-order valence-electron chi connectivity index (χ3n) is 19.5. The number of anilines is 6. The molecule has 2 aromatic heterocycles. The highest BCUT2D eigenvalue weighted by Crippen LogP contribution is 2.55. The van der Waals surface area contributed by atoms with E-state index in [1.807, 2.05) is 78.9 Å². The third-order valence-corrected chi connectivity index (χ3v) is 19.5. The molecule has 0 spiro atoms. The Morgan fingerprint density at radius 2 is 0.559 bits per heavy atom. The fraction of sp³-hybridized carbons (Fsp3) is 0.125. The number of hydrogen-bond donors (Lipinski definition) is 0. The number of rotatable bonds is 15. The summed E-state index contributed by atoms with van der Waals surface area (Å²) in [5.74, 6) is 2.39. The molecule has 0 N–H and O–H groups in total. The number of nitrogens with zero attached hydrogens (tertiary/aromatic N) is 2. The van der Waals surface area contributed by atoms with Crippen LogP contribution in [0.1, 0.15) is 79.0 Å². The Bertz CT molecular complexity index is 5500. The first-order valence-corrected chi connectivity index (χ1v) is 35.3. The zero-order valence-electron chi connectivity index (χ0n) is 59.1. The second kappa shape index (κ2) is 26.2. The minimum atomic E-state index is -0.410. The molecule has 16 rings (SSSR count). The molecule has 0 aliphatic rings. The Morgan fingerprint density at radius 1 is 0.245 bits per heavy atom. The smallest absolute Gasteiger partial charge is 0.139 e. The molecule has 0 unspecified atom stereocenters. The average Bonchev–Trinajstić information content (AvgIpc) is 1.03. The number of para-hydroxylation sites is 2. The zero-order valence-corrected chi connectivity index (χ0v) is 59.1. The van der Waals surface area contributed by atoms with E-state index in [2.05, 4.69) is 315 Å². The van der Waals surface area contributed by atoms with Crippen molar-refractivity contribution >= 4 is 78.0 Å². The SMILES string of the molecule is CC(C)(C)c1cc(N(c2cc(Oc3cccc4oc5ccccc5c34)cc(Oc3cccc4oc5ccccc5c34)c2)c2c(-c3ccccc3)cc(C(C)(C)C)cc2-c2ccccc2)cc(N(c2cccc(-c3ccccc3)c2)c2c(-c3ccccc3)cc(C(C)(C)C)cc2-c2ccccc2)c1. The molecule has 6 nitrogen and oxygen atoms in total. The van der Waals surface area contributed by atoms with Crippen LogP contribution in [0.5, 0.6) is 23.0 Å². The van der Waals surface area contributed by atoms with Gasteiger partial charge < -0.3 is 28.1 Å². The third kappa shape index (κ3) is 12.6. The Labute approximate surface area is 598 Å². The highest BCUT2D eigenvalue weighted by molar-refractivity contribution is 6.10. The average molecular weight is 1330 g/mol. The first kappa shape index (κ1) is 64.5. The van der Waals surface area contributed by atoms with Crippen molar-refractivity contribution in [3.8, 4) is 78.6 Å². The number of furan rings is 2. The van der Waals surface area contributed by atoms with Crippen LogP contribution in [0.3, 0.4) is 0 Å². The van der Waals surface area contributed by atoms with Crippen molar-refractivity contribution in [2.45, 2.75) is 78.6 Å². The van der Waals surface area contributed by atoms with Crippen molar-refractivity contribution < 1.29 is 18.3 Å². The van der Waals surface area contributed by atoms with Crippen LogP contribution in [0.25, 0.3) is 99.5 Å². The topological polar surface area (TPSA) is 51.2 Å². The molecule has 16 aromatic rings. The lowest BCUT2D eigenvalue weighted by atomic mass is 9.81. The van der Waals surface area contributed by atoms with Crippen molar-refractivity contribution in [1.82, 2.24) is 0 Å². The van der Waals surface area contributed by atoms with Gasteiger partial charge in [0.25, 0.3) is 0 Å². The molecule has 0 saturated carbocycles. The molecule has 14 aromatic carbocycles. The van der Waals surface area contributed by atoms with E-state index >= 15 is 0 Å². The molecule has 0 atom stereocenters. The molecular weight excluding hydrogens is 1250 g/mol. The van der Waals surface area contributed by atoms with E-state index in [1.54, 1.807) is 0 Å². The minimum absolute atomic E-state index is 0.211. The van der Waals surface area contributed by atoms with Gasteiger partial charge >= 0.3 is 0 Å². The van der Waals surface area contributed by atoms with Crippen LogP contribution in [-0.2, 0) is 16.2 Å². The van der Waals surface area contributed by atoms with Crippen molar-refractivity contribution in [3.63, 3.8) is 0 Å². The molecule has 6 heteroatoms. The normalized spacial score (nSPS) is 12.0. The predicted molar refractivity (Wildman–Crippen MR) is 427 cm³/mol. The van der Waals surface area contributed by atoms with Crippen LogP contribution in [0.4, 0.5) is 34.1 Å². The van der Waals surface area contributed by atoms with Crippen LogP contribution < -0.4 is 19.3 Å². The first-order chi connectivity index (χ1) is 49.4. The van der Waals surface area contributed by atoms with Gasteiger partial charge in [0.2, 0.25) is 0 Å². The number of benzene rings is 14. The maximum Gasteiger partial charge on any atom is 0.139 e. The standard InChI is InChI=1S/C96H80N2O4/c1-94(2,3)69-53-73(97(72-43-29-42-68(52-72)63-32-15-10-16-33-63)92-80(64-34-17-11-18-35-64)55-70(95(4,5)6)56-81(92)65-36-19-12-20-37-65)59-74(54-69)98(93-82(66-38-21-13-22-39-66)57-71(96(7,8)9)58-83(93)67-40-23-14-24-41-67)75-60-76(99-86-48-30-50-88-90(86)78-44-25-27-46-84(78)101-88)62-77(61-75)100-87-49-31-51-89-91(87)79-45-26-28-47-85(79)102-89/h10-62H,1-9H3. The molecule has 102 heavy (non-hydrogen) atoms. The van der Waals surface area contributed by atoms with Gasteiger partial charge in [0.1, 0.15) is 45.3 Å². The van der Waals surface area contributed by atoms with Gasteiger partial charge in [-0.25, -0.2) is 0 Å². The van der Waals surface area contributed by atoms with Crippen molar-refractivity contribution in [1.29, 1.82) is 0 Å². The van der Waals surface area contributed by atoms with Crippen molar-refractivity contribution in [3.05, 3.63) is 338 Å². The van der Waals surface area contributed by atoms with Crippen LogP contribution >= 0.6 is 0 Å². The fourth-order valence-electron chi connectivity index (χ4n) is 14.2. The second-order valence-electron chi connectivity index (χ2n) is 29.7. The molecule has 0 saturated heterocycles. The second-order valence-corrected chi connectivity index (χ2v) is 29.7. The van der Waals surface area contributed by atoms with E-state index in [9.17, 15) is 0 Å². The molecular formula is C96H80N2O4. The molecule has 0 bridgehead atoms. The molecule has 0 aliphatic carbocycles. The largest absolute Gasteiger partial charge is 0.456 e. The Morgan fingerprint density at radius 3 is 0.951 bits per heavy atom. The summed E-state index contributed by atoms with van der Waals surface area (Å²) in [5.41, 5.74) is 22.2. The fourth-order valence-corrected chi connectivity index (χ4v) is 14.2. The summed E-state index contributed by atoms with van der Waals surface area (Å²) in [7, 11) is 0. The lowest BCUT2D eigenvalue weighted by Gasteiger charge is -2.36. The van der Waals surface area contributed by atoms with E-state index < -0.39 is 5.41 Å². The summed E-state index contributed by atoms with van der Waals surface area (Å²) in [6.45, 7) is 20.9. The molecule has 2 heterocycles. The lowest BCUT2D eigenvalue weighted by molar-refractivity contribution is 0.466. The summed E-state index contributed by atoms with van der Waals surface area (Å²) in [6.07, 6.45) is 0. The Hall–Kier alpha value is -12.1. The van der Waals surface area contributed by atoms with Crippen LogP contribution in [0, 0.1) is 0 Å². The van der Waals surface area contributed by atoms with Gasteiger partial charge in [-0.3, -0.25) is 0 Å². The maximum atomic E-state index is 7.49. The van der Waals surface area contributed by atoms with Gasteiger partial charge in [0, 0.05) is 68.3 Å². The predicted octanol–water partition coefficient (Wildman–Crippen LogP) is 28.2. The van der Waals surface area contributed by atoms with Gasteiger partial charge in [-0.05, 0) is 157 Å². The summed E-state index contributed by atoms with van der Waals surface area (Å²) in [6, 6.07) is 115. The highest BCUT2D eigenvalue weighted by atomic mass is 16.5. The number of ether oxygens (including phenoxy) is 2. The van der Waals surface area contributed by atoms with Crippen LogP contribution in [0.15, 0.2) is 330 Å². The van der Waals surface area contributed by atoms with Crippen molar-refractivity contribution in [2.75, 3.05) is 9.80 Å². The van der Waals surface area contributed by atoms with E-state index in [1.165, 1.54) is 11.1 Å². The molecule has 0 amide bonds. The van der Waals surface area contributed by atoms with Gasteiger partial charge in [-0.15, -0.1) is 0 Å². The highest BCUT2D eigenvalue weighted by Gasteiger charge is 2.33. The lowest BCUT2D eigenvalue weighted by Crippen LogP contribution is -2.20. The van der Waals surface area contributed by atoms with E-state index in [0.717, 1.165) is 139 Å². The monoisotopic (exact) mass is 1320 g/mol. The summed E-state index contributed by atoms with van der Waals surface area (Å²) in [5, 5.41) is 3.67. The summed E-state index contributed by atoms with van der Waals surface area (Å²) in [4.78, 5) is 5.02. The summed E-state index contributed by atoms with van der Waals surface area (Å²) >= 11 is 0. The molecule has 0 radical (unpaired) electrons. The van der Waals surface area contributed by atoms with Crippen molar-refractivity contribution in [2.24, 2.45) is 0 Å². The number of hydrogen-bond acceptors (Lipinski definition) is 6. The van der Waals surface area contributed by atoms with Gasteiger partial charge in [0.05, 0.1) is 27.8 Å². The van der Waals surface area contributed by atoms with Gasteiger partial charge in [-0.1, -0.05) is 275 Å².